The normalized spacial score (nSPS) is 16.4. The number of ether oxygens (including phenoxy) is 2. The first-order valence-electron chi connectivity index (χ1n) is 7.98. The lowest BCUT2D eigenvalue weighted by molar-refractivity contribution is -0.0204. The maximum atomic E-state index is 10.0. The molecule has 0 saturated carbocycles. The van der Waals surface area contributed by atoms with Gasteiger partial charge in [0, 0.05) is 35.7 Å². The second kappa shape index (κ2) is 10.3. The molecule has 25 heavy (non-hydrogen) atoms. The van der Waals surface area contributed by atoms with Gasteiger partial charge in [-0.25, -0.2) is 0 Å². The second-order valence-electron chi connectivity index (χ2n) is 5.77. The van der Waals surface area contributed by atoms with E-state index in [4.69, 9.17) is 14.0 Å². The lowest BCUT2D eigenvalue weighted by Crippen LogP contribution is -2.42. The minimum Gasteiger partial charge on any atom is -0.389 e. The Morgan fingerprint density at radius 1 is 1.24 bits per heavy atom. The van der Waals surface area contributed by atoms with Gasteiger partial charge in [0.2, 0.25) is 0 Å². The van der Waals surface area contributed by atoms with Crippen LogP contribution in [0, 0.1) is 0 Å². The molecule has 0 spiro atoms. The van der Waals surface area contributed by atoms with Gasteiger partial charge in [-0.2, -0.15) is 0 Å². The van der Waals surface area contributed by atoms with Crippen LogP contribution in [0.25, 0.3) is 11.3 Å². The van der Waals surface area contributed by atoms with Crippen molar-refractivity contribution >= 4 is 28.3 Å². The van der Waals surface area contributed by atoms with Gasteiger partial charge in [-0.3, -0.25) is 4.90 Å². The largest absolute Gasteiger partial charge is 0.389 e. The average Bonchev–Trinajstić information content (AvgIpc) is 3.05. The maximum absolute atomic E-state index is 10.0. The van der Waals surface area contributed by atoms with E-state index in [1.54, 1.807) is 0 Å². The highest BCUT2D eigenvalue weighted by Crippen LogP contribution is 2.21. The number of hydrogen-bond acceptors (Lipinski definition) is 6. The van der Waals surface area contributed by atoms with Crippen molar-refractivity contribution in [3.05, 3.63) is 40.6 Å². The SMILES string of the molecule is Cl.OC(COCc1cc(-c2ccc(Br)cc2)no1)CN1CCOCC1. The highest BCUT2D eigenvalue weighted by Gasteiger charge is 2.15. The molecule has 1 aliphatic rings. The molecule has 0 aliphatic carbocycles. The summed E-state index contributed by atoms with van der Waals surface area (Å²) in [6.45, 7) is 4.33. The minimum atomic E-state index is -0.517. The molecule has 0 bridgehead atoms. The van der Waals surface area contributed by atoms with Crippen molar-refractivity contribution in [2.45, 2.75) is 12.7 Å². The average molecular weight is 434 g/mol. The Labute approximate surface area is 161 Å². The number of nitrogens with zero attached hydrogens (tertiary/aromatic N) is 2. The monoisotopic (exact) mass is 432 g/mol. The number of aromatic nitrogens is 1. The minimum absolute atomic E-state index is 0. The Bertz CT molecular complexity index is 632. The van der Waals surface area contributed by atoms with E-state index in [1.165, 1.54) is 0 Å². The first-order chi connectivity index (χ1) is 11.7. The van der Waals surface area contributed by atoms with Crippen LogP contribution in [0.3, 0.4) is 0 Å². The topological polar surface area (TPSA) is 68.0 Å². The van der Waals surface area contributed by atoms with Crippen LogP contribution >= 0.6 is 28.3 Å². The zero-order chi connectivity index (χ0) is 16.8. The molecule has 1 saturated heterocycles. The molecular weight excluding hydrogens is 412 g/mol. The number of benzene rings is 1. The van der Waals surface area contributed by atoms with Crippen molar-refractivity contribution in [3.8, 4) is 11.3 Å². The Morgan fingerprint density at radius 3 is 2.68 bits per heavy atom. The molecule has 1 aliphatic heterocycles. The van der Waals surface area contributed by atoms with E-state index < -0.39 is 6.10 Å². The van der Waals surface area contributed by atoms with Crippen molar-refractivity contribution in [3.63, 3.8) is 0 Å². The zero-order valence-electron chi connectivity index (χ0n) is 13.8. The Kier molecular flexibility index (Phi) is 8.35. The summed E-state index contributed by atoms with van der Waals surface area (Å²) in [7, 11) is 0. The number of aliphatic hydroxyl groups excluding tert-OH is 1. The Morgan fingerprint density at radius 2 is 1.96 bits per heavy atom. The quantitative estimate of drug-likeness (QED) is 0.724. The van der Waals surface area contributed by atoms with Gasteiger partial charge in [-0.05, 0) is 12.1 Å². The molecule has 1 aromatic carbocycles. The van der Waals surface area contributed by atoms with Gasteiger partial charge in [-0.15, -0.1) is 12.4 Å². The first kappa shape index (κ1) is 20.4. The van der Waals surface area contributed by atoms with E-state index in [0.29, 0.717) is 18.9 Å². The number of rotatable bonds is 7. The first-order valence-corrected chi connectivity index (χ1v) is 8.77. The highest BCUT2D eigenvalue weighted by atomic mass is 79.9. The molecule has 0 radical (unpaired) electrons. The summed E-state index contributed by atoms with van der Waals surface area (Å²) in [5.74, 6) is 0.645. The number of aliphatic hydroxyl groups is 1. The Balaban J connectivity index is 0.00000225. The molecule has 1 unspecified atom stereocenters. The molecule has 1 atom stereocenters. The number of halogens is 2. The third-order valence-corrected chi connectivity index (χ3v) is 4.35. The Hall–Kier alpha value is -0.960. The van der Waals surface area contributed by atoms with Crippen LogP contribution in [0.5, 0.6) is 0 Å². The van der Waals surface area contributed by atoms with Gasteiger partial charge in [0.05, 0.1) is 25.9 Å². The number of β-amino-alcohol motifs (C(OH)–C–C–N with tert-alkyl or cyclic N) is 1. The third kappa shape index (κ3) is 6.36. The predicted octanol–water partition coefficient (Wildman–Crippen LogP) is 2.74. The van der Waals surface area contributed by atoms with Crippen LogP contribution in [0.1, 0.15) is 5.76 Å². The molecule has 0 amide bonds. The second-order valence-corrected chi connectivity index (χ2v) is 6.68. The van der Waals surface area contributed by atoms with E-state index in [-0.39, 0.29) is 19.0 Å². The molecule has 2 heterocycles. The summed E-state index contributed by atoms with van der Waals surface area (Å²) in [5.41, 5.74) is 1.76. The fraction of sp³-hybridized carbons (Fsp3) is 0.471. The standard InChI is InChI=1S/C17H21BrN2O4.ClH/c18-14-3-1-13(2-4-14)17-9-16(24-19-17)12-23-11-15(21)10-20-5-7-22-8-6-20;/h1-4,9,15,21H,5-8,10-12H2;1H. The summed E-state index contributed by atoms with van der Waals surface area (Å²) < 4.78 is 17.1. The summed E-state index contributed by atoms with van der Waals surface area (Å²) in [6.07, 6.45) is -0.517. The van der Waals surface area contributed by atoms with E-state index >= 15 is 0 Å². The summed E-state index contributed by atoms with van der Waals surface area (Å²) >= 11 is 3.41. The van der Waals surface area contributed by atoms with Gasteiger partial charge in [0.15, 0.2) is 5.76 Å². The van der Waals surface area contributed by atoms with Crippen molar-refractivity contribution in [2.24, 2.45) is 0 Å². The third-order valence-electron chi connectivity index (χ3n) is 3.83. The van der Waals surface area contributed by atoms with Crippen molar-refractivity contribution in [2.75, 3.05) is 39.5 Å². The number of morpholine rings is 1. The van der Waals surface area contributed by atoms with Gasteiger partial charge < -0.3 is 19.1 Å². The molecule has 138 valence electrons. The van der Waals surface area contributed by atoms with Crippen LogP contribution < -0.4 is 0 Å². The fourth-order valence-corrected chi connectivity index (χ4v) is 2.83. The van der Waals surface area contributed by atoms with Gasteiger partial charge in [-0.1, -0.05) is 33.2 Å². The van der Waals surface area contributed by atoms with E-state index in [0.717, 1.165) is 42.0 Å². The van der Waals surface area contributed by atoms with Gasteiger partial charge >= 0.3 is 0 Å². The number of hydrogen-bond donors (Lipinski definition) is 1. The smallest absolute Gasteiger partial charge is 0.163 e. The van der Waals surface area contributed by atoms with Crippen molar-refractivity contribution in [1.29, 1.82) is 0 Å². The van der Waals surface area contributed by atoms with Crippen LogP contribution in [0.15, 0.2) is 39.3 Å². The van der Waals surface area contributed by atoms with E-state index in [9.17, 15) is 5.11 Å². The zero-order valence-corrected chi connectivity index (χ0v) is 16.2. The molecule has 1 fully saturated rings. The summed E-state index contributed by atoms with van der Waals surface area (Å²) in [4.78, 5) is 2.18. The maximum Gasteiger partial charge on any atom is 0.163 e. The van der Waals surface area contributed by atoms with Crippen molar-refractivity contribution < 1.29 is 19.1 Å². The molecule has 6 nitrogen and oxygen atoms in total. The van der Waals surface area contributed by atoms with Crippen LogP contribution in [0.4, 0.5) is 0 Å². The van der Waals surface area contributed by atoms with Crippen LogP contribution in [-0.4, -0.2) is 60.7 Å². The summed E-state index contributed by atoms with van der Waals surface area (Å²) in [5, 5.41) is 14.1. The lowest BCUT2D eigenvalue weighted by atomic mass is 10.1. The molecule has 2 aromatic rings. The molecule has 8 heteroatoms. The fourth-order valence-electron chi connectivity index (χ4n) is 2.57. The van der Waals surface area contributed by atoms with Crippen LogP contribution in [-0.2, 0) is 16.1 Å². The molecule has 1 aromatic heterocycles. The molecule has 3 rings (SSSR count). The molecular formula is C17H22BrClN2O4. The van der Waals surface area contributed by atoms with E-state index in [1.807, 2.05) is 30.3 Å². The molecule has 1 N–H and O–H groups in total. The predicted molar refractivity (Wildman–Crippen MR) is 99.8 cm³/mol. The lowest BCUT2D eigenvalue weighted by Gasteiger charge is -2.28. The highest BCUT2D eigenvalue weighted by molar-refractivity contribution is 9.10. The van der Waals surface area contributed by atoms with Crippen LogP contribution in [0.2, 0.25) is 0 Å². The van der Waals surface area contributed by atoms with Gasteiger partial charge in [0.25, 0.3) is 0 Å². The van der Waals surface area contributed by atoms with Gasteiger partial charge in [0.1, 0.15) is 12.3 Å². The van der Waals surface area contributed by atoms with E-state index in [2.05, 4.69) is 26.0 Å². The van der Waals surface area contributed by atoms with Crippen molar-refractivity contribution in [1.82, 2.24) is 10.1 Å². The summed E-state index contributed by atoms with van der Waals surface area (Å²) in [6, 6.07) is 9.72.